The van der Waals surface area contributed by atoms with Crippen LogP contribution >= 0.6 is 0 Å². The fourth-order valence-corrected chi connectivity index (χ4v) is 1.77. The maximum Gasteiger partial charge on any atom is 0.235 e. The minimum Gasteiger partial charge on any atom is -0.409 e. The lowest BCUT2D eigenvalue weighted by Gasteiger charge is -2.15. The Labute approximate surface area is 115 Å². The number of carbonyl (C=O) groups excluding carboxylic acids is 1. The lowest BCUT2D eigenvalue weighted by molar-refractivity contribution is -0.121. The molecule has 7 nitrogen and oxygen atoms in total. The van der Waals surface area contributed by atoms with Crippen molar-refractivity contribution in [3.05, 3.63) is 53.9 Å². The summed E-state index contributed by atoms with van der Waals surface area (Å²) < 4.78 is 4.88. The first-order chi connectivity index (χ1) is 9.72. The zero-order valence-corrected chi connectivity index (χ0v) is 10.6. The number of hydrogen-bond donors (Lipinski definition) is 3. The van der Waals surface area contributed by atoms with Gasteiger partial charge < -0.3 is 20.8 Å². The van der Waals surface area contributed by atoms with Crippen LogP contribution in [0.5, 0.6) is 0 Å². The van der Waals surface area contributed by atoms with Crippen LogP contribution in [0.4, 0.5) is 0 Å². The van der Waals surface area contributed by atoms with Crippen molar-refractivity contribution in [2.45, 2.75) is 12.5 Å². The molecular formula is C13H14N4O3. The van der Waals surface area contributed by atoms with Crippen LogP contribution in [0.15, 0.2) is 52.3 Å². The fourth-order valence-electron chi connectivity index (χ4n) is 1.77. The summed E-state index contributed by atoms with van der Waals surface area (Å²) in [5.41, 5.74) is 6.24. The molecule has 0 fully saturated rings. The fraction of sp³-hybridized carbons (Fsp3) is 0.154. The SMILES string of the molecule is N/C(=N/O)C(C(=O)NCc1ccno1)c1ccccc1. The molecule has 1 amide bonds. The molecule has 104 valence electrons. The van der Waals surface area contributed by atoms with Crippen LogP contribution in [-0.2, 0) is 11.3 Å². The van der Waals surface area contributed by atoms with Crippen LogP contribution in [-0.4, -0.2) is 22.1 Å². The van der Waals surface area contributed by atoms with Crippen LogP contribution in [0.3, 0.4) is 0 Å². The average Bonchev–Trinajstić information content (AvgIpc) is 2.99. The van der Waals surface area contributed by atoms with Crippen molar-refractivity contribution in [2.75, 3.05) is 0 Å². The van der Waals surface area contributed by atoms with Crippen molar-refractivity contribution in [3.63, 3.8) is 0 Å². The lowest BCUT2D eigenvalue weighted by Crippen LogP contribution is -2.36. The molecule has 0 saturated heterocycles. The van der Waals surface area contributed by atoms with E-state index in [0.717, 1.165) is 0 Å². The monoisotopic (exact) mass is 274 g/mol. The Morgan fingerprint density at radius 1 is 1.40 bits per heavy atom. The van der Waals surface area contributed by atoms with Gasteiger partial charge in [-0.3, -0.25) is 4.79 Å². The predicted molar refractivity (Wildman–Crippen MR) is 70.9 cm³/mol. The van der Waals surface area contributed by atoms with E-state index in [-0.39, 0.29) is 18.3 Å². The first kappa shape index (κ1) is 13.6. The third kappa shape index (κ3) is 3.14. The Bertz CT molecular complexity index is 581. The molecule has 0 aliphatic heterocycles. The number of rotatable bonds is 5. The van der Waals surface area contributed by atoms with Gasteiger partial charge >= 0.3 is 0 Å². The first-order valence-electron chi connectivity index (χ1n) is 5.92. The van der Waals surface area contributed by atoms with E-state index in [1.165, 1.54) is 6.20 Å². The van der Waals surface area contributed by atoms with Crippen molar-refractivity contribution in [1.82, 2.24) is 10.5 Å². The molecule has 4 N–H and O–H groups in total. The van der Waals surface area contributed by atoms with Gasteiger partial charge in [-0.1, -0.05) is 40.6 Å². The molecular weight excluding hydrogens is 260 g/mol. The Morgan fingerprint density at radius 2 is 2.15 bits per heavy atom. The summed E-state index contributed by atoms with van der Waals surface area (Å²) in [6.45, 7) is 0.181. The molecule has 0 saturated carbocycles. The molecule has 1 heterocycles. The van der Waals surface area contributed by atoms with Gasteiger partial charge in [-0.05, 0) is 5.56 Å². The number of carbonyl (C=O) groups is 1. The summed E-state index contributed by atoms with van der Waals surface area (Å²) in [6, 6.07) is 10.5. The summed E-state index contributed by atoms with van der Waals surface area (Å²) in [5.74, 6) is -0.900. The van der Waals surface area contributed by atoms with E-state index in [4.69, 9.17) is 15.5 Å². The Hall–Kier alpha value is -2.83. The van der Waals surface area contributed by atoms with Crippen molar-refractivity contribution >= 4 is 11.7 Å². The molecule has 0 bridgehead atoms. The predicted octanol–water partition coefficient (Wildman–Crippen LogP) is 0.821. The number of nitrogens with two attached hydrogens (primary N) is 1. The smallest absolute Gasteiger partial charge is 0.235 e. The second-order valence-corrected chi connectivity index (χ2v) is 4.07. The van der Waals surface area contributed by atoms with Crippen LogP contribution in [0.25, 0.3) is 0 Å². The van der Waals surface area contributed by atoms with Gasteiger partial charge in [-0.15, -0.1) is 0 Å². The molecule has 1 aromatic carbocycles. The van der Waals surface area contributed by atoms with E-state index in [1.54, 1.807) is 30.3 Å². The number of amides is 1. The minimum absolute atomic E-state index is 0.175. The van der Waals surface area contributed by atoms with Gasteiger partial charge in [-0.2, -0.15) is 0 Å². The number of nitrogens with zero attached hydrogens (tertiary/aromatic N) is 2. The number of oxime groups is 1. The van der Waals surface area contributed by atoms with Crippen LogP contribution in [0.1, 0.15) is 17.2 Å². The quantitative estimate of drug-likeness (QED) is 0.323. The van der Waals surface area contributed by atoms with Crippen molar-refractivity contribution in [3.8, 4) is 0 Å². The van der Waals surface area contributed by atoms with E-state index in [2.05, 4.69) is 15.6 Å². The zero-order valence-electron chi connectivity index (χ0n) is 10.6. The van der Waals surface area contributed by atoms with Gasteiger partial charge in [-0.25, -0.2) is 0 Å². The molecule has 0 spiro atoms. The van der Waals surface area contributed by atoms with Crippen molar-refractivity contribution in [1.29, 1.82) is 0 Å². The topological polar surface area (TPSA) is 114 Å². The van der Waals surface area contributed by atoms with Gasteiger partial charge in [0.25, 0.3) is 0 Å². The molecule has 1 unspecified atom stereocenters. The maximum absolute atomic E-state index is 12.2. The molecule has 7 heteroatoms. The highest BCUT2D eigenvalue weighted by Crippen LogP contribution is 2.16. The summed E-state index contributed by atoms with van der Waals surface area (Å²) in [6.07, 6.45) is 1.49. The maximum atomic E-state index is 12.2. The van der Waals surface area contributed by atoms with Gasteiger partial charge in [0.05, 0.1) is 12.7 Å². The molecule has 1 atom stereocenters. The Kier molecular flexibility index (Phi) is 4.33. The molecule has 1 aromatic heterocycles. The Balaban J connectivity index is 2.13. The molecule has 2 rings (SSSR count). The van der Waals surface area contributed by atoms with Crippen LogP contribution in [0, 0.1) is 0 Å². The van der Waals surface area contributed by atoms with E-state index in [0.29, 0.717) is 11.3 Å². The second kappa shape index (κ2) is 6.37. The zero-order chi connectivity index (χ0) is 14.4. The standard InChI is InChI=1S/C13H14N4O3/c14-12(17-19)11(9-4-2-1-3-5-9)13(18)15-8-10-6-7-16-20-10/h1-7,11,19H,8H2,(H2,14,17)(H,15,18). The van der Waals surface area contributed by atoms with Crippen LogP contribution in [0.2, 0.25) is 0 Å². The van der Waals surface area contributed by atoms with E-state index in [1.807, 2.05) is 6.07 Å². The number of aromatic nitrogens is 1. The van der Waals surface area contributed by atoms with Gasteiger partial charge in [0.1, 0.15) is 5.92 Å². The number of nitrogens with one attached hydrogen (secondary N) is 1. The summed E-state index contributed by atoms with van der Waals surface area (Å²) in [4.78, 5) is 12.2. The Morgan fingerprint density at radius 3 is 2.75 bits per heavy atom. The first-order valence-corrected chi connectivity index (χ1v) is 5.92. The molecule has 0 radical (unpaired) electrons. The highest BCUT2D eigenvalue weighted by Gasteiger charge is 2.25. The summed E-state index contributed by atoms with van der Waals surface area (Å²) in [7, 11) is 0. The van der Waals surface area contributed by atoms with Gasteiger partial charge in [0, 0.05) is 6.07 Å². The number of amidine groups is 1. The van der Waals surface area contributed by atoms with Gasteiger partial charge in [0.15, 0.2) is 11.6 Å². The van der Waals surface area contributed by atoms with Gasteiger partial charge in [0.2, 0.25) is 5.91 Å². The second-order valence-electron chi connectivity index (χ2n) is 4.07. The van der Waals surface area contributed by atoms with E-state index >= 15 is 0 Å². The number of benzene rings is 1. The highest BCUT2D eigenvalue weighted by atomic mass is 16.5. The largest absolute Gasteiger partial charge is 0.409 e. The van der Waals surface area contributed by atoms with E-state index in [9.17, 15) is 4.79 Å². The molecule has 0 aliphatic carbocycles. The highest BCUT2D eigenvalue weighted by molar-refractivity contribution is 6.07. The minimum atomic E-state index is -0.857. The summed E-state index contributed by atoms with van der Waals surface area (Å²) in [5, 5.41) is 17.9. The number of hydrogen-bond acceptors (Lipinski definition) is 5. The third-order valence-corrected chi connectivity index (χ3v) is 2.73. The van der Waals surface area contributed by atoms with Crippen LogP contribution < -0.4 is 11.1 Å². The normalized spacial score (nSPS) is 12.9. The summed E-state index contributed by atoms with van der Waals surface area (Å²) >= 11 is 0. The van der Waals surface area contributed by atoms with Crippen molar-refractivity contribution < 1.29 is 14.5 Å². The molecule has 20 heavy (non-hydrogen) atoms. The van der Waals surface area contributed by atoms with Crippen molar-refractivity contribution in [2.24, 2.45) is 10.9 Å². The molecule has 0 aliphatic rings. The molecule has 2 aromatic rings. The lowest BCUT2D eigenvalue weighted by atomic mass is 9.97. The third-order valence-electron chi connectivity index (χ3n) is 2.73. The average molecular weight is 274 g/mol. The van der Waals surface area contributed by atoms with E-state index < -0.39 is 5.92 Å².